The molecule has 3 N–H and O–H groups in total. The number of nitrogens with one attached hydrogen (secondary N) is 1. The van der Waals surface area contributed by atoms with Gasteiger partial charge in [-0.3, -0.25) is 14.4 Å². The van der Waals surface area contributed by atoms with Crippen LogP contribution in [0.25, 0.3) is 0 Å². The number of ether oxygens (including phenoxy) is 1. The molecule has 1 unspecified atom stereocenters. The lowest BCUT2D eigenvalue weighted by Crippen LogP contribution is -2.38. The molecule has 0 saturated carbocycles. The third-order valence-electron chi connectivity index (χ3n) is 2.09. The lowest BCUT2D eigenvalue weighted by Gasteiger charge is -2.14. The van der Waals surface area contributed by atoms with Gasteiger partial charge in [-0.2, -0.15) is 0 Å². The zero-order chi connectivity index (χ0) is 13.5. The predicted octanol–water partition coefficient (Wildman–Crippen LogP) is 0.295. The van der Waals surface area contributed by atoms with E-state index in [-0.39, 0.29) is 6.61 Å². The number of carbonyl (C=O) groups is 2. The van der Waals surface area contributed by atoms with E-state index in [9.17, 15) is 9.59 Å². The second-order valence-corrected chi connectivity index (χ2v) is 3.79. The molecule has 0 aliphatic rings. The molecule has 0 bridgehead atoms. The largest absolute Gasteiger partial charge is 0.481 e. The molecule has 0 aromatic heterocycles. The van der Waals surface area contributed by atoms with Gasteiger partial charge >= 0.3 is 0 Å². The molecular formula is C12H16N2O4. The van der Waals surface area contributed by atoms with Gasteiger partial charge < -0.3 is 10.5 Å². The molecule has 6 nitrogen and oxygen atoms in total. The number of rotatable bonds is 6. The van der Waals surface area contributed by atoms with Crippen LogP contribution in [0.2, 0.25) is 0 Å². The Kier molecular flexibility index (Phi) is 5.13. The van der Waals surface area contributed by atoms with Gasteiger partial charge in [-0.25, -0.2) is 5.48 Å². The Labute approximate surface area is 105 Å². The van der Waals surface area contributed by atoms with Gasteiger partial charge in [0.1, 0.15) is 5.75 Å². The molecule has 18 heavy (non-hydrogen) atoms. The number of amides is 2. The normalized spacial score (nSPS) is 11.7. The van der Waals surface area contributed by atoms with Gasteiger partial charge in [0.05, 0.1) is 0 Å². The van der Waals surface area contributed by atoms with Crippen LogP contribution in [0.5, 0.6) is 5.75 Å². The highest BCUT2D eigenvalue weighted by Gasteiger charge is 2.14. The van der Waals surface area contributed by atoms with E-state index in [1.807, 2.05) is 19.1 Å². The number of aryl methyl sites for hydroxylation is 1. The Hall–Kier alpha value is -2.08. The van der Waals surface area contributed by atoms with Gasteiger partial charge in [-0.05, 0) is 26.0 Å². The maximum Gasteiger partial charge on any atom is 0.284 e. The second kappa shape index (κ2) is 6.61. The van der Waals surface area contributed by atoms with Crippen molar-refractivity contribution in [2.45, 2.75) is 20.0 Å². The SMILES string of the molecule is Cc1ccc(OC(C)C(=O)NOCC(N)=O)cc1. The standard InChI is InChI=1S/C12H16N2O4/c1-8-3-5-10(6-4-8)18-9(2)12(16)14-17-7-11(13)15/h3-6,9H,7H2,1-2H3,(H2,13,15)(H,14,16). The van der Waals surface area contributed by atoms with Gasteiger partial charge in [0.2, 0.25) is 5.91 Å². The first-order valence-electron chi connectivity index (χ1n) is 5.42. The average Bonchev–Trinajstić information content (AvgIpc) is 2.31. The van der Waals surface area contributed by atoms with Crippen LogP contribution in [-0.2, 0) is 14.4 Å². The van der Waals surface area contributed by atoms with E-state index in [0.717, 1.165) is 5.56 Å². The van der Waals surface area contributed by atoms with Crippen molar-refractivity contribution >= 4 is 11.8 Å². The molecule has 0 saturated heterocycles. The zero-order valence-electron chi connectivity index (χ0n) is 10.3. The van der Waals surface area contributed by atoms with Crippen molar-refractivity contribution in [2.24, 2.45) is 5.73 Å². The van der Waals surface area contributed by atoms with Crippen LogP contribution in [0.3, 0.4) is 0 Å². The average molecular weight is 252 g/mol. The Bertz CT molecular complexity index is 417. The molecule has 0 fully saturated rings. The highest BCUT2D eigenvalue weighted by molar-refractivity contribution is 5.80. The fourth-order valence-corrected chi connectivity index (χ4v) is 1.14. The van der Waals surface area contributed by atoms with E-state index in [4.69, 9.17) is 10.5 Å². The Balaban J connectivity index is 2.39. The van der Waals surface area contributed by atoms with E-state index in [1.54, 1.807) is 19.1 Å². The molecule has 0 aliphatic heterocycles. The summed E-state index contributed by atoms with van der Waals surface area (Å²) in [5, 5.41) is 0. The summed E-state index contributed by atoms with van der Waals surface area (Å²) in [6, 6.07) is 7.29. The minimum atomic E-state index is -0.736. The highest BCUT2D eigenvalue weighted by Crippen LogP contribution is 2.13. The molecule has 1 rings (SSSR count). The first kappa shape index (κ1) is 14.0. The van der Waals surface area contributed by atoms with Crippen LogP contribution in [-0.4, -0.2) is 24.5 Å². The van der Waals surface area contributed by atoms with Gasteiger partial charge in [0.15, 0.2) is 12.7 Å². The Morgan fingerprint density at radius 2 is 1.94 bits per heavy atom. The van der Waals surface area contributed by atoms with E-state index in [1.165, 1.54) is 0 Å². The number of hydrogen-bond donors (Lipinski definition) is 2. The third-order valence-corrected chi connectivity index (χ3v) is 2.09. The summed E-state index contributed by atoms with van der Waals surface area (Å²) < 4.78 is 5.38. The molecular weight excluding hydrogens is 236 g/mol. The maximum absolute atomic E-state index is 11.5. The molecule has 1 aromatic rings. The predicted molar refractivity (Wildman–Crippen MR) is 64.6 cm³/mol. The van der Waals surface area contributed by atoms with Crippen LogP contribution >= 0.6 is 0 Å². The monoisotopic (exact) mass is 252 g/mol. The third kappa shape index (κ3) is 4.84. The molecule has 98 valence electrons. The van der Waals surface area contributed by atoms with Crippen LogP contribution in [0.15, 0.2) is 24.3 Å². The van der Waals surface area contributed by atoms with Crippen LogP contribution < -0.4 is 16.0 Å². The maximum atomic E-state index is 11.5. The topological polar surface area (TPSA) is 90.7 Å². The van der Waals surface area contributed by atoms with E-state index in [0.29, 0.717) is 5.75 Å². The molecule has 1 aromatic carbocycles. The van der Waals surface area contributed by atoms with Crippen molar-refractivity contribution in [1.82, 2.24) is 5.48 Å². The summed E-state index contributed by atoms with van der Waals surface area (Å²) in [6.45, 7) is 3.16. The minimum absolute atomic E-state index is 0.372. The molecule has 1 atom stereocenters. The quantitative estimate of drug-likeness (QED) is 0.712. The molecule has 0 spiro atoms. The molecule has 0 aliphatic carbocycles. The van der Waals surface area contributed by atoms with Crippen LogP contribution in [0.4, 0.5) is 0 Å². The second-order valence-electron chi connectivity index (χ2n) is 3.79. The summed E-state index contributed by atoms with van der Waals surface area (Å²) in [6.07, 6.45) is -0.736. The van der Waals surface area contributed by atoms with Crippen molar-refractivity contribution in [2.75, 3.05) is 6.61 Å². The molecule has 2 amide bonds. The van der Waals surface area contributed by atoms with Crippen LogP contribution in [0.1, 0.15) is 12.5 Å². The van der Waals surface area contributed by atoms with Crippen molar-refractivity contribution in [3.63, 3.8) is 0 Å². The number of nitrogens with two attached hydrogens (primary N) is 1. The summed E-state index contributed by atoms with van der Waals surface area (Å²) in [7, 11) is 0. The number of hydrogen-bond acceptors (Lipinski definition) is 4. The molecule has 6 heteroatoms. The Morgan fingerprint density at radius 3 is 2.50 bits per heavy atom. The summed E-state index contributed by atoms with van der Waals surface area (Å²) in [5.74, 6) is -0.572. The summed E-state index contributed by atoms with van der Waals surface area (Å²) in [5.41, 5.74) is 8.03. The van der Waals surface area contributed by atoms with Crippen molar-refractivity contribution < 1.29 is 19.2 Å². The first-order valence-corrected chi connectivity index (χ1v) is 5.42. The number of hydroxylamine groups is 1. The molecule has 0 heterocycles. The number of carbonyl (C=O) groups excluding carboxylic acids is 2. The van der Waals surface area contributed by atoms with E-state index < -0.39 is 17.9 Å². The fraction of sp³-hybridized carbons (Fsp3) is 0.333. The first-order chi connectivity index (χ1) is 8.49. The number of primary amides is 1. The lowest BCUT2D eigenvalue weighted by molar-refractivity contribution is -0.143. The van der Waals surface area contributed by atoms with E-state index in [2.05, 4.69) is 10.3 Å². The van der Waals surface area contributed by atoms with Gasteiger partial charge in [0.25, 0.3) is 5.91 Å². The highest BCUT2D eigenvalue weighted by atomic mass is 16.7. The number of benzene rings is 1. The molecule has 0 radical (unpaired) electrons. The van der Waals surface area contributed by atoms with Gasteiger partial charge in [-0.1, -0.05) is 17.7 Å². The van der Waals surface area contributed by atoms with Gasteiger partial charge in [0, 0.05) is 0 Å². The zero-order valence-corrected chi connectivity index (χ0v) is 10.3. The van der Waals surface area contributed by atoms with Crippen molar-refractivity contribution in [3.8, 4) is 5.75 Å². The lowest BCUT2D eigenvalue weighted by atomic mass is 10.2. The summed E-state index contributed by atoms with van der Waals surface area (Å²) >= 11 is 0. The van der Waals surface area contributed by atoms with E-state index >= 15 is 0 Å². The fourth-order valence-electron chi connectivity index (χ4n) is 1.14. The Morgan fingerprint density at radius 1 is 1.33 bits per heavy atom. The van der Waals surface area contributed by atoms with Crippen LogP contribution in [0, 0.1) is 6.92 Å². The minimum Gasteiger partial charge on any atom is -0.481 e. The smallest absolute Gasteiger partial charge is 0.284 e. The van der Waals surface area contributed by atoms with Gasteiger partial charge in [-0.15, -0.1) is 0 Å². The van der Waals surface area contributed by atoms with Crippen molar-refractivity contribution in [1.29, 1.82) is 0 Å². The summed E-state index contributed by atoms with van der Waals surface area (Å²) in [4.78, 5) is 26.5. The van der Waals surface area contributed by atoms with Crippen molar-refractivity contribution in [3.05, 3.63) is 29.8 Å².